The number of aliphatic hydroxyl groups excluding tert-OH is 1. The molecule has 0 spiro atoms. The first-order valence-electron chi connectivity index (χ1n) is 6.26. The van der Waals surface area contributed by atoms with Crippen LogP contribution in [0.3, 0.4) is 0 Å². The van der Waals surface area contributed by atoms with Crippen LogP contribution in [0.15, 0.2) is 18.2 Å². The maximum absolute atomic E-state index is 13.6. The zero-order valence-corrected chi connectivity index (χ0v) is 11.1. The van der Waals surface area contributed by atoms with Crippen molar-refractivity contribution in [2.75, 3.05) is 25.7 Å². The van der Waals surface area contributed by atoms with Gasteiger partial charge in [-0.1, -0.05) is 6.42 Å². The molecular weight excluding hydrogens is 249 g/mol. The molecule has 19 heavy (non-hydrogen) atoms. The predicted molar refractivity (Wildman–Crippen MR) is 69.7 cm³/mol. The van der Waals surface area contributed by atoms with Crippen molar-refractivity contribution < 1.29 is 19.0 Å². The smallest absolute Gasteiger partial charge is 0.235 e. The van der Waals surface area contributed by atoms with Crippen LogP contribution < -0.4 is 9.64 Å². The molecule has 0 aliphatic heterocycles. The van der Waals surface area contributed by atoms with Crippen molar-refractivity contribution in [1.82, 2.24) is 0 Å². The summed E-state index contributed by atoms with van der Waals surface area (Å²) in [5, 5.41) is 9.40. The maximum Gasteiger partial charge on any atom is 0.235 e. The van der Waals surface area contributed by atoms with Crippen molar-refractivity contribution >= 4 is 11.6 Å². The summed E-state index contributed by atoms with van der Waals surface area (Å²) in [5.74, 6) is -0.526. The second kappa shape index (κ2) is 5.17. The normalized spacial score (nSPS) is 16.6. The van der Waals surface area contributed by atoms with Gasteiger partial charge in [0, 0.05) is 18.8 Å². The fraction of sp³-hybridized carbons (Fsp3) is 0.500. The average Bonchev–Trinajstić information content (AvgIpc) is 2.37. The molecule has 0 atom stereocenters. The fourth-order valence-corrected chi connectivity index (χ4v) is 2.38. The molecule has 2 rings (SSSR count). The van der Waals surface area contributed by atoms with E-state index < -0.39 is 11.2 Å². The fourth-order valence-electron chi connectivity index (χ4n) is 2.38. The topological polar surface area (TPSA) is 49.8 Å². The number of hydrogen-bond donors (Lipinski definition) is 1. The van der Waals surface area contributed by atoms with E-state index in [1.807, 2.05) is 0 Å². The Kier molecular flexibility index (Phi) is 3.75. The molecule has 1 N–H and O–H groups in total. The Balaban J connectivity index is 2.22. The number of hydrogen-bond acceptors (Lipinski definition) is 3. The van der Waals surface area contributed by atoms with Gasteiger partial charge in [-0.05, 0) is 25.0 Å². The second-order valence-corrected chi connectivity index (χ2v) is 4.98. The summed E-state index contributed by atoms with van der Waals surface area (Å²) in [6.07, 6.45) is 2.31. The van der Waals surface area contributed by atoms with Crippen molar-refractivity contribution in [3.8, 4) is 5.75 Å². The first kappa shape index (κ1) is 13.8. The van der Waals surface area contributed by atoms with Crippen LogP contribution in [-0.4, -0.2) is 31.8 Å². The van der Waals surface area contributed by atoms with E-state index >= 15 is 0 Å². The summed E-state index contributed by atoms with van der Waals surface area (Å²) in [7, 11) is 2.99. The predicted octanol–water partition coefficient (Wildman–Crippen LogP) is 1.96. The monoisotopic (exact) mass is 267 g/mol. The lowest BCUT2D eigenvalue weighted by atomic mass is 9.68. The van der Waals surface area contributed by atoms with Crippen molar-refractivity contribution in [2.45, 2.75) is 19.3 Å². The second-order valence-electron chi connectivity index (χ2n) is 4.98. The van der Waals surface area contributed by atoms with E-state index in [-0.39, 0.29) is 18.3 Å². The zero-order chi connectivity index (χ0) is 14.0. The van der Waals surface area contributed by atoms with Gasteiger partial charge in [-0.2, -0.15) is 0 Å². The molecule has 1 amide bonds. The highest BCUT2D eigenvalue weighted by atomic mass is 19.1. The van der Waals surface area contributed by atoms with Crippen LogP contribution in [0, 0.1) is 11.2 Å². The third-order valence-electron chi connectivity index (χ3n) is 3.89. The highest BCUT2D eigenvalue weighted by Gasteiger charge is 2.45. The Labute approximate surface area is 111 Å². The number of nitrogens with zero attached hydrogens (tertiary/aromatic N) is 1. The lowest BCUT2D eigenvalue weighted by molar-refractivity contribution is -0.136. The van der Waals surface area contributed by atoms with E-state index in [2.05, 4.69) is 0 Å². The van der Waals surface area contributed by atoms with E-state index in [9.17, 15) is 14.3 Å². The van der Waals surface area contributed by atoms with Gasteiger partial charge in [-0.15, -0.1) is 0 Å². The summed E-state index contributed by atoms with van der Waals surface area (Å²) in [6, 6.07) is 4.38. The summed E-state index contributed by atoms with van der Waals surface area (Å²) < 4.78 is 18.5. The van der Waals surface area contributed by atoms with Gasteiger partial charge in [0.2, 0.25) is 5.91 Å². The number of anilines is 1. The molecule has 0 bridgehead atoms. The Bertz CT molecular complexity index is 480. The van der Waals surface area contributed by atoms with Crippen LogP contribution in [-0.2, 0) is 4.79 Å². The van der Waals surface area contributed by atoms with Crippen LogP contribution in [0.1, 0.15) is 19.3 Å². The van der Waals surface area contributed by atoms with Gasteiger partial charge < -0.3 is 14.7 Å². The number of carbonyl (C=O) groups excluding carboxylic acids is 1. The van der Waals surface area contributed by atoms with Gasteiger partial charge in [0.15, 0.2) is 11.6 Å². The molecule has 1 fully saturated rings. The van der Waals surface area contributed by atoms with Crippen LogP contribution in [0.5, 0.6) is 5.75 Å². The van der Waals surface area contributed by atoms with Crippen molar-refractivity contribution in [1.29, 1.82) is 0 Å². The maximum atomic E-state index is 13.6. The molecule has 0 saturated heterocycles. The quantitative estimate of drug-likeness (QED) is 0.907. The molecule has 4 nitrogen and oxygen atoms in total. The standard InChI is InChI=1S/C14H18FNO3/c1-16(13(18)14(9-17)6-3-7-14)10-4-5-12(19-2)11(15)8-10/h4-5,8,17H,3,6-7,9H2,1-2H3. The summed E-state index contributed by atoms with van der Waals surface area (Å²) in [6.45, 7) is -0.158. The van der Waals surface area contributed by atoms with Gasteiger partial charge in [0.05, 0.1) is 19.1 Å². The molecule has 1 saturated carbocycles. The number of carbonyl (C=O) groups is 1. The minimum absolute atomic E-state index is 0.144. The molecule has 1 aliphatic rings. The number of benzene rings is 1. The number of methoxy groups -OCH3 is 1. The van der Waals surface area contributed by atoms with E-state index in [1.165, 1.54) is 24.1 Å². The molecule has 1 aromatic carbocycles. The summed E-state index contributed by atoms with van der Waals surface area (Å²) in [5.41, 5.74) is -0.214. The molecule has 0 heterocycles. The molecule has 0 unspecified atom stereocenters. The van der Waals surface area contributed by atoms with Crippen LogP contribution >= 0.6 is 0 Å². The number of amides is 1. The van der Waals surface area contributed by atoms with E-state index in [4.69, 9.17) is 4.74 Å². The minimum atomic E-state index is -0.675. The van der Waals surface area contributed by atoms with E-state index in [0.29, 0.717) is 18.5 Å². The van der Waals surface area contributed by atoms with Crippen LogP contribution in [0.4, 0.5) is 10.1 Å². The minimum Gasteiger partial charge on any atom is -0.494 e. The largest absolute Gasteiger partial charge is 0.494 e. The third kappa shape index (κ3) is 2.30. The number of aliphatic hydroxyl groups is 1. The van der Waals surface area contributed by atoms with Crippen molar-refractivity contribution in [3.05, 3.63) is 24.0 Å². The van der Waals surface area contributed by atoms with Gasteiger partial charge in [-0.3, -0.25) is 4.79 Å². The van der Waals surface area contributed by atoms with Gasteiger partial charge in [0.25, 0.3) is 0 Å². The lowest BCUT2D eigenvalue weighted by Gasteiger charge is -2.41. The van der Waals surface area contributed by atoms with Crippen molar-refractivity contribution in [2.24, 2.45) is 5.41 Å². The van der Waals surface area contributed by atoms with E-state index in [0.717, 1.165) is 6.42 Å². The lowest BCUT2D eigenvalue weighted by Crippen LogP contribution is -2.49. The van der Waals surface area contributed by atoms with Gasteiger partial charge >= 0.3 is 0 Å². The van der Waals surface area contributed by atoms with E-state index in [1.54, 1.807) is 13.1 Å². The molecule has 1 aliphatic carbocycles. The molecule has 1 aromatic rings. The Morgan fingerprint density at radius 3 is 2.63 bits per heavy atom. The zero-order valence-electron chi connectivity index (χ0n) is 11.1. The van der Waals surface area contributed by atoms with Gasteiger partial charge in [0.1, 0.15) is 0 Å². The molecular formula is C14H18FNO3. The third-order valence-corrected chi connectivity index (χ3v) is 3.89. The Morgan fingerprint density at radius 2 is 2.21 bits per heavy atom. The Morgan fingerprint density at radius 1 is 1.53 bits per heavy atom. The first-order chi connectivity index (χ1) is 9.04. The van der Waals surface area contributed by atoms with Crippen LogP contribution in [0.25, 0.3) is 0 Å². The summed E-state index contributed by atoms with van der Waals surface area (Å²) >= 11 is 0. The first-order valence-corrected chi connectivity index (χ1v) is 6.26. The molecule has 0 radical (unpaired) electrons. The summed E-state index contributed by atoms with van der Waals surface area (Å²) in [4.78, 5) is 13.8. The Hall–Kier alpha value is -1.62. The molecule has 0 aromatic heterocycles. The SMILES string of the molecule is COc1ccc(N(C)C(=O)C2(CO)CCC2)cc1F. The van der Waals surface area contributed by atoms with Crippen molar-refractivity contribution in [3.63, 3.8) is 0 Å². The average molecular weight is 267 g/mol. The number of ether oxygens (including phenoxy) is 1. The highest BCUT2D eigenvalue weighted by molar-refractivity contribution is 5.97. The number of rotatable bonds is 4. The molecule has 5 heteroatoms. The van der Waals surface area contributed by atoms with Crippen LogP contribution in [0.2, 0.25) is 0 Å². The number of halogens is 1. The van der Waals surface area contributed by atoms with Gasteiger partial charge in [-0.25, -0.2) is 4.39 Å². The molecule has 104 valence electrons. The highest BCUT2D eigenvalue weighted by Crippen LogP contribution is 2.42.